The van der Waals surface area contributed by atoms with E-state index in [1.165, 1.54) is 10.5 Å². The molecule has 2 amide bonds. The maximum absolute atomic E-state index is 12.6. The molecule has 1 aliphatic heterocycles. The van der Waals surface area contributed by atoms with Crippen LogP contribution < -0.4 is 15.0 Å². The molecule has 2 aromatic rings. The second-order valence-corrected chi connectivity index (χ2v) is 5.74. The van der Waals surface area contributed by atoms with Crippen molar-refractivity contribution < 1.29 is 14.3 Å². The van der Waals surface area contributed by atoms with E-state index in [2.05, 4.69) is 12.2 Å². The highest BCUT2D eigenvalue weighted by Gasteiger charge is 2.32. The van der Waals surface area contributed by atoms with Gasteiger partial charge < -0.3 is 10.1 Å². The van der Waals surface area contributed by atoms with Crippen LogP contribution in [0.4, 0.5) is 11.4 Å². The van der Waals surface area contributed by atoms with Crippen LogP contribution in [0.1, 0.15) is 19.4 Å². The number of ether oxygens (including phenoxy) is 1. The van der Waals surface area contributed by atoms with Gasteiger partial charge in [0.2, 0.25) is 5.91 Å². The molecule has 1 N–H and O–H groups in total. The zero-order valence-corrected chi connectivity index (χ0v) is 13.8. The van der Waals surface area contributed by atoms with Gasteiger partial charge in [-0.05, 0) is 43.2 Å². The third-order valence-corrected chi connectivity index (χ3v) is 4.14. The average Bonchev–Trinajstić information content (AvgIpc) is 2.61. The summed E-state index contributed by atoms with van der Waals surface area (Å²) in [5.74, 6) is 0.158. The van der Waals surface area contributed by atoms with Gasteiger partial charge in [-0.15, -0.1) is 0 Å². The third-order valence-electron chi connectivity index (χ3n) is 4.14. The molecule has 124 valence electrons. The molecule has 0 saturated heterocycles. The molecule has 5 nitrogen and oxygen atoms in total. The van der Waals surface area contributed by atoms with Crippen LogP contribution in [-0.2, 0) is 16.0 Å². The van der Waals surface area contributed by atoms with Crippen molar-refractivity contribution in [3.05, 3.63) is 54.1 Å². The minimum Gasteiger partial charge on any atom is -0.482 e. The van der Waals surface area contributed by atoms with Gasteiger partial charge in [-0.2, -0.15) is 0 Å². The molecular formula is C19H20N2O3. The van der Waals surface area contributed by atoms with Crippen LogP contribution in [0.25, 0.3) is 0 Å². The third kappa shape index (κ3) is 3.11. The van der Waals surface area contributed by atoms with E-state index >= 15 is 0 Å². The molecule has 0 fully saturated rings. The lowest BCUT2D eigenvalue weighted by atomic mass is 10.1. The van der Waals surface area contributed by atoms with Crippen molar-refractivity contribution in [2.45, 2.75) is 26.3 Å². The van der Waals surface area contributed by atoms with Crippen molar-refractivity contribution in [2.75, 3.05) is 16.8 Å². The summed E-state index contributed by atoms with van der Waals surface area (Å²) in [7, 11) is 0. The fourth-order valence-corrected chi connectivity index (χ4v) is 2.73. The first-order chi connectivity index (χ1) is 11.6. The minimum atomic E-state index is -0.631. The Kier molecular flexibility index (Phi) is 4.51. The molecule has 3 rings (SSSR count). The Bertz CT molecular complexity index is 755. The number of carbonyl (C=O) groups excluding carboxylic acids is 2. The molecule has 5 heteroatoms. The fourth-order valence-electron chi connectivity index (χ4n) is 2.73. The first kappa shape index (κ1) is 16.1. The maximum atomic E-state index is 12.6. The summed E-state index contributed by atoms with van der Waals surface area (Å²) in [6, 6.07) is 14.3. The van der Waals surface area contributed by atoms with Crippen molar-refractivity contribution in [2.24, 2.45) is 0 Å². The number of hydrogen-bond donors (Lipinski definition) is 1. The molecule has 0 spiro atoms. The Labute approximate surface area is 141 Å². The van der Waals surface area contributed by atoms with Crippen molar-refractivity contribution in [1.82, 2.24) is 0 Å². The van der Waals surface area contributed by atoms with Crippen LogP contribution in [0.2, 0.25) is 0 Å². The van der Waals surface area contributed by atoms with Gasteiger partial charge in [0.15, 0.2) is 6.61 Å². The van der Waals surface area contributed by atoms with Gasteiger partial charge in [0.05, 0.1) is 5.69 Å². The van der Waals surface area contributed by atoms with Crippen LogP contribution in [0.3, 0.4) is 0 Å². The van der Waals surface area contributed by atoms with Crippen molar-refractivity contribution in [3.8, 4) is 5.75 Å². The molecule has 0 aliphatic carbocycles. The van der Waals surface area contributed by atoms with E-state index in [0.29, 0.717) is 11.4 Å². The predicted molar refractivity (Wildman–Crippen MR) is 93.3 cm³/mol. The quantitative estimate of drug-likeness (QED) is 0.940. The second-order valence-electron chi connectivity index (χ2n) is 5.74. The van der Waals surface area contributed by atoms with Gasteiger partial charge >= 0.3 is 0 Å². The Hall–Kier alpha value is -2.82. The van der Waals surface area contributed by atoms with Gasteiger partial charge in [0.25, 0.3) is 5.91 Å². The van der Waals surface area contributed by atoms with Gasteiger partial charge in [0, 0.05) is 5.69 Å². The van der Waals surface area contributed by atoms with Crippen LogP contribution in [0.5, 0.6) is 5.75 Å². The molecule has 1 heterocycles. The van der Waals surface area contributed by atoms with Crippen molar-refractivity contribution in [3.63, 3.8) is 0 Å². The van der Waals surface area contributed by atoms with E-state index < -0.39 is 6.04 Å². The normalized spacial score (nSPS) is 14.6. The Balaban J connectivity index is 1.78. The van der Waals surface area contributed by atoms with Gasteiger partial charge in [-0.25, -0.2) is 0 Å². The summed E-state index contributed by atoms with van der Waals surface area (Å²) in [5.41, 5.74) is 2.55. The van der Waals surface area contributed by atoms with E-state index in [1.807, 2.05) is 36.4 Å². The monoisotopic (exact) mass is 324 g/mol. The van der Waals surface area contributed by atoms with Crippen LogP contribution in [-0.4, -0.2) is 24.5 Å². The number of nitrogens with one attached hydrogen (secondary N) is 1. The minimum absolute atomic E-state index is 0.0557. The fraction of sp³-hybridized carbons (Fsp3) is 0.263. The smallest absolute Gasteiger partial charge is 0.265 e. The SMILES string of the molecule is CCc1ccc(NC(=O)C(C)N2C(=O)COc3ccccc32)cc1. The number of rotatable bonds is 4. The summed E-state index contributed by atoms with van der Waals surface area (Å²) >= 11 is 0. The van der Waals surface area contributed by atoms with E-state index in [4.69, 9.17) is 4.74 Å². The van der Waals surface area contributed by atoms with E-state index in [0.717, 1.165) is 12.1 Å². The highest BCUT2D eigenvalue weighted by molar-refractivity contribution is 6.06. The molecule has 0 saturated carbocycles. The molecule has 24 heavy (non-hydrogen) atoms. The zero-order chi connectivity index (χ0) is 17.1. The molecule has 1 aliphatic rings. The second kappa shape index (κ2) is 6.74. The number of carbonyl (C=O) groups is 2. The van der Waals surface area contributed by atoms with Gasteiger partial charge in [-0.3, -0.25) is 14.5 Å². The van der Waals surface area contributed by atoms with E-state index in [-0.39, 0.29) is 18.4 Å². The number of aryl methyl sites for hydroxylation is 1. The van der Waals surface area contributed by atoms with Crippen molar-refractivity contribution >= 4 is 23.2 Å². The number of para-hydroxylation sites is 2. The number of hydrogen-bond acceptors (Lipinski definition) is 3. The maximum Gasteiger partial charge on any atom is 0.265 e. The average molecular weight is 324 g/mol. The number of amides is 2. The van der Waals surface area contributed by atoms with Crippen LogP contribution in [0.15, 0.2) is 48.5 Å². The Morgan fingerprint density at radius 3 is 2.62 bits per heavy atom. The van der Waals surface area contributed by atoms with Gasteiger partial charge in [0.1, 0.15) is 11.8 Å². The number of benzene rings is 2. The van der Waals surface area contributed by atoms with Crippen LogP contribution >= 0.6 is 0 Å². The lowest BCUT2D eigenvalue weighted by molar-refractivity contribution is -0.125. The molecule has 2 aromatic carbocycles. The Morgan fingerprint density at radius 1 is 1.21 bits per heavy atom. The molecule has 0 bridgehead atoms. The summed E-state index contributed by atoms with van der Waals surface area (Å²) in [4.78, 5) is 26.3. The molecular weight excluding hydrogens is 304 g/mol. The number of nitrogens with zero attached hydrogens (tertiary/aromatic N) is 1. The topological polar surface area (TPSA) is 58.6 Å². The van der Waals surface area contributed by atoms with Crippen LogP contribution in [0, 0.1) is 0 Å². The largest absolute Gasteiger partial charge is 0.482 e. The summed E-state index contributed by atoms with van der Waals surface area (Å²) in [6.07, 6.45) is 0.948. The van der Waals surface area contributed by atoms with Crippen molar-refractivity contribution in [1.29, 1.82) is 0 Å². The molecule has 1 unspecified atom stereocenters. The summed E-state index contributed by atoms with van der Waals surface area (Å²) in [5, 5.41) is 2.87. The number of fused-ring (bicyclic) bond motifs is 1. The lowest BCUT2D eigenvalue weighted by Gasteiger charge is -2.33. The predicted octanol–water partition coefficient (Wildman–Crippen LogP) is 3.00. The first-order valence-electron chi connectivity index (χ1n) is 8.04. The first-order valence-corrected chi connectivity index (χ1v) is 8.04. The molecule has 1 atom stereocenters. The highest BCUT2D eigenvalue weighted by Crippen LogP contribution is 2.33. The number of anilines is 2. The standard InChI is InChI=1S/C19H20N2O3/c1-3-14-8-10-15(11-9-14)20-19(23)13(2)21-16-6-4-5-7-17(16)24-12-18(21)22/h4-11,13H,3,12H2,1-2H3,(H,20,23). The molecule has 0 radical (unpaired) electrons. The molecule has 0 aromatic heterocycles. The summed E-state index contributed by atoms with van der Waals surface area (Å²) < 4.78 is 5.42. The zero-order valence-electron chi connectivity index (χ0n) is 13.8. The van der Waals surface area contributed by atoms with E-state index in [9.17, 15) is 9.59 Å². The Morgan fingerprint density at radius 2 is 1.92 bits per heavy atom. The van der Waals surface area contributed by atoms with E-state index in [1.54, 1.807) is 19.1 Å². The summed E-state index contributed by atoms with van der Waals surface area (Å²) in [6.45, 7) is 3.74. The lowest BCUT2D eigenvalue weighted by Crippen LogP contribution is -2.49. The highest BCUT2D eigenvalue weighted by atomic mass is 16.5. The van der Waals surface area contributed by atoms with Gasteiger partial charge in [-0.1, -0.05) is 31.2 Å².